The Morgan fingerprint density at radius 2 is 1.73 bits per heavy atom. The Bertz CT molecular complexity index is 603. The van der Waals surface area contributed by atoms with Crippen LogP contribution in [0, 0.1) is 23.2 Å². The monoisotopic (exact) mass is 424 g/mol. The molecule has 7 atom stereocenters. The predicted octanol–water partition coefficient (Wildman–Crippen LogP) is 4.29. The van der Waals surface area contributed by atoms with E-state index in [0.29, 0.717) is 43.9 Å². The molecule has 0 aromatic carbocycles. The standard InChI is InChI=1S/C24H40O6/c1-15(6-8-19-17(3)29-19)13-27-22(25)12-24(4,5)11-16(2)14-28-23(26)18-7-9-20-21(10-18)30-20/h15-21H,6-14H2,1-5H3. The van der Waals surface area contributed by atoms with Crippen LogP contribution in [0.15, 0.2) is 0 Å². The first-order valence-corrected chi connectivity index (χ1v) is 11.8. The van der Waals surface area contributed by atoms with E-state index in [4.69, 9.17) is 18.9 Å². The normalized spacial score (nSPS) is 32.0. The van der Waals surface area contributed by atoms with E-state index in [2.05, 4.69) is 34.6 Å². The number of carbonyl (C=O) groups is 2. The van der Waals surface area contributed by atoms with Crippen LogP contribution in [0.1, 0.15) is 79.6 Å². The summed E-state index contributed by atoms with van der Waals surface area (Å²) in [5, 5.41) is 0. The quantitative estimate of drug-likeness (QED) is 0.344. The third-order valence-electron chi connectivity index (χ3n) is 6.68. The molecule has 6 nitrogen and oxygen atoms in total. The smallest absolute Gasteiger partial charge is 0.309 e. The van der Waals surface area contributed by atoms with Crippen LogP contribution in [-0.4, -0.2) is 49.6 Å². The van der Waals surface area contributed by atoms with Crippen molar-refractivity contribution in [2.45, 2.75) is 104 Å². The van der Waals surface area contributed by atoms with Gasteiger partial charge >= 0.3 is 11.9 Å². The summed E-state index contributed by atoms with van der Waals surface area (Å²) in [7, 11) is 0. The van der Waals surface area contributed by atoms with Crippen molar-refractivity contribution in [1.29, 1.82) is 0 Å². The molecule has 3 fully saturated rings. The molecule has 3 rings (SSSR count). The number of hydrogen-bond donors (Lipinski definition) is 0. The Hall–Kier alpha value is -1.14. The van der Waals surface area contributed by atoms with E-state index in [-0.39, 0.29) is 35.3 Å². The third-order valence-corrected chi connectivity index (χ3v) is 6.68. The summed E-state index contributed by atoms with van der Waals surface area (Å²) in [6, 6.07) is 0. The molecule has 2 heterocycles. The maximum Gasteiger partial charge on any atom is 0.309 e. The molecule has 0 aromatic heterocycles. The maximum absolute atomic E-state index is 12.3. The molecule has 172 valence electrons. The van der Waals surface area contributed by atoms with E-state index in [9.17, 15) is 9.59 Å². The van der Waals surface area contributed by atoms with E-state index < -0.39 is 0 Å². The molecule has 0 bridgehead atoms. The van der Waals surface area contributed by atoms with Gasteiger partial charge in [0.1, 0.15) is 0 Å². The van der Waals surface area contributed by atoms with Crippen molar-refractivity contribution < 1.29 is 28.5 Å². The fourth-order valence-electron chi connectivity index (χ4n) is 4.78. The molecule has 0 aromatic rings. The lowest BCUT2D eigenvalue weighted by Crippen LogP contribution is -2.27. The van der Waals surface area contributed by atoms with E-state index in [1.807, 2.05) is 0 Å². The van der Waals surface area contributed by atoms with Gasteiger partial charge in [0.05, 0.1) is 50.0 Å². The molecule has 30 heavy (non-hydrogen) atoms. The summed E-state index contributed by atoms with van der Waals surface area (Å²) >= 11 is 0. The minimum Gasteiger partial charge on any atom is -0.465 e. The fourth-order valence-corrected chi connectivity index (χ4v) is 4.78. The second kappa shape index (κ2) is 9.99. The summed E-state index contributed by atoms with van der Waals surface area (Å²) in [6.07, 6.45) is 7.36. The molecule has 0 spiro atoms. The Morgan fingerprint density at radius 3 is 2.40 bits per heavy atom. The highest BCUT2D eigenvalue weighted by molar-refractivity contribution is 5.72. The number of hydrogen-bond acceptors (Lipinski definition) is 6. The van der Waals surface area contributed by atoms with Crippen molar-refractivity contribution in [2.75, 3.05) is 13.2 Å². The van der Waals surface area contributed by atoms with E-state index in [1.54, 1.807) is 0 Å². The third kappa shape index (κ3) is 7.52. The Labute approximate surface area is 181 Å². The first-order valence-electron chi connectivity index (χ1n) is 11.8. The number of epoxide rings is 2. The van der Waals surface area contributed by atoms with Crippen LogP contribution < -0.4 is 0 Å². The van der Waals surface area contributed by atoms with Crippen LogP contribution in [0.3, 0.4) is 0 Å². The van der Waals surface area contributed by atoms with Crippen LogP contribution in [0.25, 0.3) is 0 Å². The van der Waals surface area contributed by atoms with Gasteiger partial charge in [-0.15, -0.1) is 0 Å². The van der Waals surface area contributed by atoms with Crippen LogP contribution in [0.2, 0.25) is 0 Å². The molecule has 3 aliphatic rings. The van der Waals surface area contributed by atoms with Crippen molar-refractivity contribution in [3.63, 3.8) is 0 Å². The van der Waals surface area contributed by atoms with Crippen LogP contribution in [0.5, 0.6) is 0 Å². The van der Waals surface area contributed by atoms with Gasteiger partial charge in [0.15, 0.2) is 0 Å². The number of carbonyl (C=O) groups excluding carboxylic acids is 2. The molecule has 1 aliphatic carbocycles. The van der Waals surface area contributed by atoms with Crippen molar-refractivity contribution >= 4 is 11.9 Å². The van der Waals surface area contributed by atoms with Gasteiger partial charge in [-0.1, -0.05) is 27.7 Å². The predicted molar refractivity (Wildman–Crippen MR) is 113 cm³/mol. The zero-order valence-corrected chi connectivity index (χ0v) is 19.4. The maximum atomic E-state index is 12.3. The second-order valence-corrected chi connectivity index (χ2v) is 10.7. The summed E-state index contributed by atoms with van der Waals surface area (Å²) < 4.78 is 22.0. The van der Waals surface area contributed by atoms with Gasteiger partial charge in [0.25, 0.3) is 0 Å². The summed E-state index contributed by atoms with van der Waals surface area (Å²) in [4.78, 5) is 24.6. The van der Waals surface area contributed by atoms with E-state index >= 15 is 0 Å². The number of rotatable bonds is 12. The summed E-state index contributed by atoms with van der Waals surface area (Å²) in [5.41, 5.74) is -0.191. The average Bonchev–Trinajstić information content (AvgIpc) is 3.58. The molecular weight excluding hydrogens is 384 g/mol. The van der Waals surface area contributed by atoms with Gasteiger partial charge < -0.3 is 18.9 Å². The lowest BCUT2D eigenvalue weighted by atomic mass is 9.81. The lowest BCUT2D eigenvalue weighted by Gasteiger charge is -2.27. The fraction of sp³-hybridized carbons (Fsp3) is 0.917. The molecule has 0 amide bonds. The average molecular weight is 425 g/mol. The van der Waals surface area contributed by atoms with Crippen molar-refractivity contribution in [2.24, 2.45) is 23.2 Å². The number of ether oxygens (including phenoxy) is 4. The highest BCUT2D eigenvalue weighted by Crippen LogP contribution is 2.40. The number of fused-ring (bicyclic) bond motifs is 1. The molecule has 6 heteroatoms. The van der Waals surface area contributed by atoms with Gasteiger partial charge in [0.2, 0.25) is 0 Å². The van der Waals surface area contributed by atoms with Gasteiger partial charge in [-0.05, 0) is 62.7 Å². The molecule has 1 saturated carbocycles. The Balaban J connectivity index is 1.28. The highest BCUT2D eigenvalue weighted by Gasteiger charge is 2.46. The molecule has 2 aliphatic heterocycles. The Kier molecular flexibility index (Phi) is 7.83. The first-order chi connectivity index (χ1) is 14.1. The molecular formula is C24H40O6. The molecule has 2 saturated heterocycles. The zero-order chi connectivity index (χ0) is 21.9. The van der Waals surface area contributed by atoms with Crippen molar-refractivity contribution in [3.8, 4) is 0 Å². The van der Waals surface area contributed by atoms with Crippen molar-refractivity contribution in [1.82, 2.24) is 0 Å². The SMILES string of the molecule is CC(CCC1OC1C)COC(=O)CC(C)(C)CC(C)COC(=O)C1CCC2OC2C1. The lowest BCUT2D eigenvalue weighted by molar-refractivity contribution is -0.152. The van der Waals surface area contributed by atoms with Gasteiger partial charge in [-0.2, -0.15) is 0 Å². The summed E-state index contributed by atoms with van der Waals surface area (Å²) in [5.74, 6) is 0.300. The zero-order valence-electron chi connectivity index (χ0n) is 19.4. The Morgan fingerprint density at radius 1 is 1.03 bits per heavy atom. The van der Waals surface area contributed by atoms with Crippen LogP contribution >= 0.6 is 0 Å². The largest absolute Gasteiger partial charge is 0.465 e. The topological polar surface area (TPSA) is 77.7 Å². The first kappa shape index (κ1) is 23.5. The van der Waals surface area contributed by atoms with Gasteiger partial charge in [0, 0.05) is 0 Å². The minimum atomic E-state index is -0.191. The van der Waals surface area contributed by atoms with E-state index in [1.165, 1.54) is 0 Å². The summed E-state index contributed by atoms with van der Waals surface area (Å²) in [6.45, 7) is 11.3. The van der Waals surface area contributed by atoms with Gasteiger partial charge in [-0.3, -0.25) is 9.59 Å². The van der Waals surface area contributed by atoms with Gasteiger partial charge in [-0.25, -0.2) is 0 Å². The minimum absolute atomic E-state index is 0.0133. The van der Waals surface area contributed by atoms with Crippen molar-refractivity contribution in [3.05, 3.63) is 0 Å². The second-order valence-electron chi connectivity index (χ2n) is 10.7. The van der Waals surface area contributed by atoms with E-state index in [0.717, 1.165) is 38.5 Å². The van der Waals surface area contributed by atoms with Crippen LogP contribution in [0.4, 0.5) is 0 Å². The molecule has 7 unspecified atom stereocenters. The molecule has 0 radical (unpaired) electrons. The van der Waals surface area contributed by atoms with Crippen LogP contribution in [-0.2, 0) is 28.5 Å². The number of esters is 2. The highest BCUT2D eigenvalue weighted by atomic mass is 16.6. The molecule has 0 N–H and O–H groups in total.